The number of carboxylic acids is 1. The number of nitriles is 1. The molecule has 0 radical (unpaired) electrons. The Bertz CT molecular complexity index is 1780. The Morgan fingerprint density at radius 1 is 1.13 bits per heavy atom. The van der Waals surface area contributed by atoms with Crippen LogP contribution >= 0.6 is 0 Å². The minimum absolute atomic E-state index is 0.103. The smallest absolute Gasteiger partial charge is 0.335 e. The lowest BCUT2D eigenvalue weighted by atomic mass is 9.89. The molecule has 3 aromatic carbocycles. The lowest BCUT2D eigenvalue weighted by Gasteiger charge is -2.33. The van der Waals surface area contributed by atoms with Crippen LogP contribution in [-0.2, 0) is 30.9 Å². The Labute approximate surface area is 261 Å². The number of benzene rings is 3. The molecule has 0 amide bonds. The molecule has 0 spiro atoms. The van der Waals surface area contributed by atoms with E-state index in [-0.39, 0.29) is 11.7 Å². The maximum atomic E-state index is 11.8. The number of likely N-dealkylation sites (tertiary alicyclic amines) is 1. The van der Waals surface area contributed by atoms with Gasteiger partial charge in [-0.1, -0.05) is 18.2 Å². The summed E-state index contributed by atoms with van der Waals surface area (Å²) in [5.74, 6) is 2.42. The summed E-state index contributed by atoms with van der Waals surface area (Å²) in [6, 6.07) is 17.7. The van der Waals surface area contributed by atoms with Crippen LogP contribution in [0.2, 0.25) is 0 Å². The molecule has 0 saturated carbocycles. The van der Waals surface area contributed by atoms with E-state index in [9.17, 15) is 15.2 Å². The largest absolute Gasteiger partial charge is 0.494 e. The molecule has 2 saturated heterocycles. The molecule has 2 fully saturated rings. The summed E-state index contributed by atoms with van der Waals surface area (Å²) in [5.41, 5.74) is 5.53. The Morgan fingerprint density at radius 2 is 1.98 bits per heavy atom. The van der Waals surface area contributed by atoms with Crippen molar-refractivity contribution in [3.63, 3.8) is 0 Å². The number of methoxy groups -OCH3 is 1. The molecule has 10 heteroatoms. The van der Waals surface area contributed by atoms with Crippen LogP contribution in [0.1, 0.15) is 63.6 Å². The summed E-state index contributed by atoms with van der Waals surface area (Å²) in [4.78, 5) is 19.2. The Hall–Kier alpha value is -4.59. The van der Waals surface area contributed by atoms with E-state index in [2.05, 4.69) is 33.7 Å². The Morgan fingerprint density at radius 3 is 2.71 bits per heavy atom. The molecular weight excluding hydrogens is 572 g/mol. The molecule has 45 heavy (non-hydrogen) atoms. The molecule has 4 aromatic rings. The van der Waals surface area contributed by atoms with Gasteiger partial charge in [-0.2, -0.15) is 5.26 Å². The van der Waals surface area contributed by atoms with E-state index in [1.165, 1.54) is 5.56 Å². The van der Waals surface area contributed by atoms with E-state index < -0.39 is 5.97 Å². The summed E-state index contributed by atoms with van der Waals surface area (Å²) in [7, 11) is 1.55. The van der Waals surface area contributed by atoms with E-state index in [0.717, 1.165) is 79.3 Å². The molecule has 232 valence electrons. The van der Waals surface area contributed by atoms with Gasteiger partial charge < -0.3 is 28.6 Å². The first-order valence-corrected chi connectivity index (χ1v) is 15.6. The fraction of sp³-hybridized carbons (Fsp3) is 0.400. The second kappa shape index (κ2) is 12.4. The molecule has 0 bridgehead atoms. The van der Waals surface area contributed by atoms with Crippen LogP contribution < -0.4 is 14.2 Å². The predicted octanol–water partition coefficient (Wildman–Crippen LogP) is 5.30. The third-order valence-electron chi connectivity index (χ3n) is 9.28. The highest BCUT2D eigenvalue weighted by molar-refractivity contribution is 5.95. The van der Waals surface area contributed by atoms with Gasteiger partial charge >= 0.3 is 5.97 Å². The number of ether oxygens (including phenoxy) is 4. The standard InChI is InChI=1S/C35H36N4O6/c1-42-31-17-26(35(40)41)16-30-33(31)37-32(39(30)19-28-9-13-43-28)20-38-11-7-22(8-12-38)23-3-2-4-27(15-23)45-21-25-6-5-24(18-36)29-10-14-44-34(25)29/h2-6,15-17,22,28H,7-14,19-21H2,1H3,(H,40,41). The van der Waals surface area contributed by atoms with Crippen molar-refractivity contribution in [2.45, 2.75) is 57.4 Å². The monoisotopic (exact) mass is 608 g/mol. The second-order valence-corrected chi connectivity index (χ2v) is 12.0. The van der Waals surface area contributed by atoms with Crippen molar-refractivity contribution in [1.82, 2.24) is 14.5 Å². The van der Waals surface area contributed by atoms with Gasteiger partial charge in [-0.3, -0.25) is 4.90 Å². The highest BCUT2D eigenvalue weighted by atomic mass is 16.5. The second-order valence-electron chi connectivity index (χ2n) is 12.0. The summed E-state index contributed by atoms with van der Waals surface area (Å²) in [6.07, 6.45) is 3.86. The van der Waals surface area contributed by atoms with Crippen LogP contribution in [0.5, 0.6) is 17.2 Å². The third-order valence-corrected chi connectivity index (χ3v) is 9.28. The van der Waals surface area contributed by atoms with Gasteiger partial charge in [0.05, 0.1) is 55.6 Å². The number of aromatic nitrogens is 2. The number of hydrogen-bond donors (Lipinski definition) is 1. The molecule has 1 N–H and O–H groups in total. The van der Waals surface area contributed by atoms with E-state index in [1.54, 1.807) is 19.2 Å². The Kier molecular flexibility index (Phi) is 8.04. The molecule has 1 atom stereocenters. The SMILES string of the molecule is COc1cc(C(=O)O)cc2c1nc(CN1CCC(c3cccc(OCc4ccc(C#N)c5c4OCC5)c3)CC1)n2CC1CCO1. The van der Waals surface area contributed by atoms with Gasteiger partial charge in [0.2, 0.25) is 0 Å². The molecule has 10 nitrogen and oxygen atoms in total. The number of carboxylic acid groups (broad SMARTS) is 1. The van der Waals surface area contributed by atoms with Crippen molar-refractivity contribution in [2.24, 2.45) is 0 Å². The van der Waals surface area contributed by atoms with Gasteiger partial charge in [0, 0.05) is 24.2 Å². The van der Waals surface area contributed by atoms with E-state index in [4.69, 9.17) is 23.9 Å². The van der Waals surface area contributed by atoms with Gasteiger partial charge in [-0.15, -0.1) is 0 Å². The first-order chi connectivity index (χ1) is 22.0. The first-order valence-electron chi connectivity index (χ1n) is 15.6. The van der Waals surface area contributed by atoms with E-state index in [1.807, 2.05) is 18.2 Å². The van der Waals surface area contributed by atoms with Crippen molar-refractivity contribution in [2.75, 3.05) is 33.4 Å². The van der Waals surface area contributed by atoms with Crippen LogP contribution in [0.25, 0.3) is 11.0 Å². The van der Waals surface area contributed by atoms with Gasteiger partial charge in [0.15, 0.2) is 0 Å². The number of rotatable bonds is 10. The third kappa shape index (κ3) is 5.81. The van der Waals surface area contributed by atoms with Crippen molar-refractivity contribution >= 4 is 17.0 Å². The minimum atomic E-state index is -0.993. The molecule has 7 rings (SSSR count). The fourth-order valence-electron chi connectivity index (χ4n) is 6.70. The highest BCUT2D eigenvalue weighted by Gasteiger charge is 2.27. The summed E-state index contributed by atoms with van der Waals surface area (Å²) in [5, 5.41) is 19.1. The molecule has 3 aliphatic heterocycles. The van der Waals surface area contributed by atoms with Gasteiger partial charge in [0.1, 0.15) is 35.2 Å². The molecule has 4 heterocycles. The number of piperidine rings is 1. The van der Waals surface area contributed by atoms with Gasteiger partial charge in [-0.25, -0.2) is 9.78 Å². The molecule has 1 unspecified atom stereocenters. The highest BCUT2D eigenvalue weighted by Crippen LogP contribution is 2.35. The van der Waals surface area contributed by atoms with Gasteiger partial charge in [-0.05, 0) is 74.2 Å². The first kappa shape index (κ1) is 29.1. The van der Waals surface area contributed by atoms with Crippen molar-refractivity contribution in [3.05, 3.63) is 82.2 Å². The molecule has 0 aliphatic carbocycles. The van der Waals surface area contributed by atoms with Crippen LogP contribution in [0.3, 0.4) is 0 Å². The number of carbonyl (C=O) groups is 1. The van der Waals surface area contributed by atoms with Crippen molar-refractivity contribution < 1.29 is 28.8 Å². The number of imidazole rings is 1. The number of hydrogen-bond acceptors (Lipinski definition) is 8. The lowest BCUT2D eigenvalue weighted by molar-refractivity contribution is -0.0592. The molecule has 1 aromatic heterocycles. The quantitative estimate of drug-likeness (QED) is 0.256. The zero-order chi connectivity index (χ0) is 30.9. The van der Waals surface area contributed by atoms with Crippen molar-refractivity contribution in [3.8, 4) is 23.3 Å². The average Bonchev–Trinajstić information content (AvgIpc) is 3.67. The Balaban J connectivity index is 1.03. The fourth-order valence-corrected chi connectivity index (χ4v) is 6.70. The normalized spacial score (nSPS) is 18.2. The maximum absolute atomic E-state index is 11.8. The lowest BCUT2D eigenvalue weighted by Crippen LogP contribution is -2.35. The zero-order valence-electron chi connectivity index (χ0n) is 25.3. The maximum Gasteiger partial charge on any atom is 0.335 e. The van der Waals surface area contributed by atoms with Crippen molar-refractivity contribution in [1.29, 1.82) is 5.26 Å². The summed E-state index contributed by atoms with van der Waals surface area (Å²) < 4.78 is 25.5. The molecule has 3 aliphatic rings. The topological polar surface area (TPSA) is 119 Å². The van der Waals surface area contributed by atoms with E-state index >= 15 is 0 Å². The van der Waals surface area contributed by atoms with Crippen LogP contribution in [-0.4, -0.2) is 65.0 Å². The summed E-state index contributed by atoms with van der Waals surface area (Å²) >= 11 is 0. The number of nitrogens with zero attached hydrogens (tertiary/aromatic N) is 4. The van der Waals surface area contributed by atoms with Crippen LogP contribution in [0, 0.1) is 11.3 Å². The molecular formula is C35H36N4O6. The average molecular weight is 609 g/mol. The number of aromatic carboxylic acids is 1. The van der Waals surface area contributed by atoms with Crippen LogP contribution in [0.15, 0.2) is 48.5 Å². The predicted molar refractivity (Wildman–Crippen MR) is 166 cm³/mol. The van der Waals surface area contributed by atoms with E-state index in [0.29, 0.717) is 49.1 Å². The summed E-state index contributed by atoms with van der Waals surface area (Å²) in [6.45, 7) is 4.89. The minimum Gasteiger partial charge on any atom is -0.494 e. The van der Waals surface area contributed by atoms with Gasteiger partial charge in [0.25, 0.3) is 0 Å². The zero-order valence-corrected chi connectivity index (χ0v) is 25.3. The number of fused-ring (bicyclic) bond motifs is 2. The van der Waals surface area contributed by atoms with Crippen LogP contribution in [0.4, 0.5) is 0 Å².